The second kappa shape index (κ2) is 6.83. The molecule has 0 bridgehead atoms. The maximum Gasteiger partial charge on any atom is 0.416 e. The first-order chi connectivity index (χ1) is 10.8. The number of hydrogen-bond donors (Lipinski definition) is 2. The average molecular weight is 323 g/mol. The summed E-state index contributed by atoms with van der Waals surface area (Å²) in [7, 11) is 0. The molecule has 0 fully saturated rings. The first-order valence-corrected chi connectivity index (χ1v) is 6.98. The summed E-state index contributed by atoms with van der Waals surface area (Å²) in [6.07, 6.45) is -5.49. The number of halogens is 3. The average Bonchev–Trinajstić information content (AvgIpc) is 2.52. The lowest BCUT2D eigenvalue weighted by atomic mass is 10.1. The van der Waals surface area contributed by atoms with Gasteiger partial charge in [-0.2, -0.15) is 13.2 Å². The summed E-state index contributed by atoms with van der Waals surface area (Å²) in [6, 6.07) is 11.2. The fraction of sp³-hybridized carbons (Fsp3) is 0.235. The molecule has 0 saturated carbocycles. The number of nitrogens with one attached hydrogen (secondary N) is 1. The number of amides is 1. The van der Waals surface area contributed by atoms with Crippen LogP contribution in [-0.4, -0.2) is 17.6 Å². The van der Waals surface area contributed by atoms with E-state index in [1.807, 2.05) is 6.07 Å². The Balaban J connectivity index is 1.98. The molecule has 0 saturated heterocycles. The fourth-order valence-electron chi connectivity index (χ4n) is 2.12. The van der Waals surface area contributed by atoms with Crippen LogP contribution in [0, 0.1) is 6.92 Å². The predicted octanol–water partition coefficient (Wildman–Crippen LogP) is 3.48. The van der Waals surface area contributed by atoms with Crippen molar-refractivity contribution < 1.29 is 23.1 Å². The van der Waals surface area contributed by atoms with Gasteiger partial charge in [0.25, 0.3) is 5.91 Å². The molecule has 2 aromatic rings. The van der Waals surface area contributed by atoms with Crippen LogP contribution in [0.4, 0.5) is 13.2 Å². The molecule has 3 nitrogen and oxygen atoms in total. The summed E-state index contributed by atoms with van der Waals surface area (Å²) < 4.78 is 37.4. The standard InChI is InChI=1S/C17H16F3NO2/c1-11-4-2-3-5-14(11)16(23)21-10-15(22)12-6-8-13(9-7-12)17(18,19)20/h2-9,15,22H,10H2,1H3,(H,21,23). The summed E-state index contributed by atoms with van der Waals surface area (Å²) in [6.45, 7) is 1.71. The maximum absolute atomic E-state index is 12.5. The number of aliphatic hydroxyl groups excluding tert-OH is 1. The summed E-state index contributed by atoms with van der Waals surface area (Å²) in [4.78, 5) is 12.0. The smallest absolute Gasteiger partial charge is 0.387 e. The molecule has 1 atom stereocenters. The lowest BCUT2D eigenvalue weighted by Gasteiger charge is -2.14. The third-order valence-corrected chi connectivity index (χ3v) is 3.47. The second-order valence-corrected chi connectivity index (χ2v) is 5.16. The molecule has 0 aliphatic rings. The van der Waals surface area contributed by atoms with E-state index in [1.54, 1.807) is 25.1 Å². The molecule has 0 aliphatic carbocycles. The lowest BCUT2D eigenvalue weighted by molar-refractivity contribution is -0.137. The highest BCUT2D eigenvalue weighted by atomic mass is 19.4. The van der Waals surface area contributed by atoms with Crippen molar-refractivity contribution in [1.29, 1.82) is 0 Å². The zero-order valence-electron chi connectivity index (χ0n) is 12.4. The Morgan fingerprint density at radius 2 is 1.74 bits per heavy atom. The normalized spacial score (nSPS) is 12.7. The number of hydrogen-bond acceptors (Lipinski definition) is 2. The van der Waals surface area contributed by atoms with E-state index in [-0.39, 0.29) is 12.5 Å². The zero-order chi connectivity index (χ0) is 17.0. The SMILES string of the molecule is Cc1ccccc1C(=O)NCC(O)c1ccc(C(F)(F)F)cc1. The van der Waals surface area contributed by atoms with Gasteiger partial charge in [-0.25, -0.2) is 0 Å². The van der Waals surface area contributed by atoms with Crippen LogP contribution in [0.1, 0.15) is 33.2 Å². The van der Waals surface area contributed by atoms with Gasteiger partial charge in [-0.05, 0) is 36.2 Å². The van der Waals surface area contributed by atoms with Gasteiger partial charge in [0.05, 0.1) is 11.7 Å². The molecule has 0 spiro atoms. The van der Waals surface area contributed by atoms with Crippen molar-refractivity contribution >= 4 is 5.91 Å². The van der Waals surface area contributed by atoms with Crippen molar-refractivity contribution in [3.05, 3.63) is 70.8 Å². The van der Waals surface area contributed by atoms with Crippen LogP contribution >= 0.6 is 0 Å². The molecule has 0 heterocycles. The maximum atomic E-state index is 12.5. The van der Waals surface area contributed by atoms with Gasteiger partial charge in [0.15, 0.2) is 0 Å². The van der Waals surface area contributed by atoms with Crippen molar-refractivity contribution in [3.8, 4) is 0 Å². The number of rotatable bonds is 4. The van der Waals surface area contributed by atoms with Crippen LogP contribution in [0.15, 0.2) is 48.5 Å². The first kappa shape index (κ1) is 17.0. The van der Waals surface area contributed by atoms with Crippen LogP contribution < -0.4 is 5.32 Å². The molecule has 0 aliphatic heterocycles. The quantitative estimate of drug-likeness (QED) is 0.905. The Bertz CT molecular complexity index is 681. The summed E-state index contributed by atoms with van der Waals surface area (Å²) in [5.41, 5.74) is 0.821. The summed E-state index contributed by atoms with van der Waals surface area (Å²) in [5, 5.41) is 12.6. The Morgan fingerprint density at radius 1 is 1.13 bits per heavy atom. The van der Waals surface area contributed by atoms with Crippen LogP contribution in [0.3, 0.4) is 0 Å². The van der Waals surface area contributed by atoms with Crippen LogP contribution in [0.5, 0.6) is 0 Å². The first-order valence-electron chi connectivity index (χ1n) is 6.98. The molecule has 1 amide bonds. The number of carbonyl (C=O) groups excluding carboxylic acids is 1. The van der Waals surface area contributed by atoms with Gasteiger partial charge in [-0.1, -0.05) is 30.3 Å². The van der Waals surface area contributed by atoms with Crippen LogP contribution in [0.25, 0.3) is 0 Å². The van der Waals surface area contributed by atoms with Gasteiger partial charge >= 0.3 is 6.18 Å². The minimum absolute atomic E-state index is 0.0848. The number of aryl methyl sites for hydroxylation is 1. The Hall–Kier alpha value is -2.34. The van der Waals surface area contributed by atoms with E-state index in [2.05, 4.69) is 5.32 Å². The molecular weight excluding hydrogens is 307 g/mol. The number of alkyl halides is 3. The lowest BCUT2D eigenvalue weighted by Crippen LogP contribution is -2.28. The topological polar surface area (TPSA) is 49.3 Å². The number of benzene rings is 2. The molecule has 6 heteroatoms. The molecule has 122 valence electrons. The van der Waals surface area contributed by atoms with E-state index in [0.29, 0.717) is 11.1 Å². The molecule has 2 N–H and O–H groups in total. The van der Waals surface area contributed by atoms with Crippen molar-refractivity contribution in [2.24, 2.45) is 0 Å². The highest BCUT2D eigenvalue weighted by molar-refractivity contribution is 5.95. The van der Waals surface area contributed by atoms with Gasteiger partial charge < -0.3 is 10.4 Å². The van der Waals surface area contributed by atoms with E-state index < -0.39 is 17.8 Å². The largest absolute Gasteiger partial charge is 0.416 e. The van der Waals surface area contributed by atoms with Gasteiger partial charge in [0.1, 0.15) is 0 Å². The van der Waals surface area contributed by atoms with Crippen LogP contribution in [0.2, 0.25) is 0 Å². The fourth-order valence-corrected chi connectivity index (χ4v) is 2.12. The van der Waals surface area contributed by atoms with E-state index in [9.17, 15) is 23.1 Å². The molecule has 2 rings (SSSR count). The third kappa shape index (κ3) is 4.32. The van der Waals surface area contributed by atoms with Crippen molar-refractivity contribution in [1.82, 2.24) is 5.32 Å². The second-order valence-electron chi connectivity index (χ2n) is 5.16. The zero-order valence-corrected chi connectivity index (χ0v) is 12.4. The van der Waals surface area contributed by atoms with Crippen molar-refractivity contribution in [2.45, 2.75) is 19.2 Å². The molecule has 23 heavy (non-hydrogen) atoms. The molecule has 1 unspecified atom stereocenters. The summed E-state index contributed by atoms with van der Waals surface area (Å²) >= 11 is 0. The third-order valence-electron chi connectivity index (χ3n) is 3.47. The highest BCUT2D eigenvalue weighted by Gasteiger charge is 2.30. The van der Waals surface area contributed by atoms with Gasteiger partial charge in [-0.3, -0.25) is 4.79 Å². The van der Waals surface area contributed by atoms with E-state index in [1.165, 1.54) is 12.1 Å². The van der Waals surface area contributed by atoms with Gasteiger partial charge in [-0.15, -0.1) is 0 Å². The van der Waals surface area contributed by atoms with E-state index >= 15 is 0 Å². The predicted molar refractivity (Wildman–Crippen MR) is 79.9 cm³/mol. The van der Waals surface area contributed by atoms with Crippen molar-refractivity contribution in [3.63, 3.8) is 0 Å². The highest BCUT2D eigenvalue weighted by Crippen LogP contribution is 2.29. The van der Waals surface area contributed by atoms with E-state index in [0.717, 1.165) is 17.7 Å². The molecule has 2 aromatic carbocycles. The molecule has 0 radical (unpaired) electrons. The minimum atomic E-state index is -4.41. The van der Waals surface area contributed by atoms with Crippen LogP contribution in [-0.2, 0) is 6.18 Å². The van der Waals surface area contributed by atoms with Gasteiger partial charge in [0.2, 0.25) is 0 Å². The van der Waals surface area contributed by atoms with Gasteiger partial charge in [0, 0.05) is 12.1 Å². The Morgan fingerprint density at radius 3 is 2.30 bits per heavy atom. The van der Waals surface area contributed by atoms with E-state index in [4.69, 9.17) is 0 Å². The minimum Gasteiger partial charge on any atom is -0.387 e. The molecular formula is C17H16F3NO2. The molecule has 0 aromatic heterocycles. The Labute approximate surface area is 131 Å². The van der Waals surface area contributed by atoms with Crippen molar-refractivity contribution in [2.75, 3.05) is 6.54 Å². The number of aliphatic hydroxyl groups is 1. The monoisotopic (exact) mass is 323 g/mol. The number of carbonyl (C=O) groups is 1. The summed E-state index contributed by atoms with van der Waals surface area (Å²) in [5.74, 6) is -0.339. The Kier molecular flexibility index (Phi) is 5.05.